The smallest absolute Gasteiger partial charge is 0.0932 e. The van der Waals surface area contributed by atoms with Gasteiger partial charge in [-0.05, 0) is 59.6 Å². The van der Waals surface area contributed by atoms with Crippen LogP contribution in [-0.2, 0) is 0 Å². The Balaban J connectivity index is 2.21. The molecule has 1 aromatic heterocycles. The van der Waals surface area contributed by atoms with Gasteiger partial charge in [0, 0.05) is 20.7 Å². The minimum absolute atomic E-state index is 0.210. The summed E-state index contributed by atoms with van der Waals surface area (Å²) >= 11 is 11.1. The molecule has 0 aliphatic carbocycles. The summed E-state index contributed by atoms with van der Waals surface area (Å²) in [5.74, 6) is 0. The summed E-state index contributed by atoms with van der Waals surface area (Å²) < 4.78 is 1.78. The van der Waals surface area contributed by atoms with Crippen LogP contribution in [0.1, 0.15) is 23.4 Å². The van der Waals surface area contributed by atoms with Crippen molar-refractivity contribution in [3.63, 3.8) is 0 Å². The molecule has 0 bridgehead atoms. The highest BCUT2D eigenvalue weighted by molar-refractivity contribution is 9.10. The third-order valence-electron chi connectivity index (χ3n) is 2.75. The standard InChI is InChI=1S/C13H14BrClN2S/c1-7-5-11(9(14)6-10(7)16)17-8(2)12-3-4-13(15)18-12/h3-6,8,17H,16H2,1-2H3. The van der Waals surface area contributed by atoms with Gasteiger partial charge in [0.15, 0.2) is 0 Å². The average molecular weight is 346 g/mol. The number of aryl methyl sites for hydroxylation is 1. The molecule has 0 aliphatic rings. The van der Waals surface area contributed by atoms with Gasteiger partial charge < -0.3 is 11.1 Å². The highest BCUT2D eigenvalue weighted by atomic mass is 79.9. The summed E-state index contributed by atoms with van der Waals surface area (Å²) in [6.07, 6.45) is 0. The molecule has 2 nitrogen and oxygen atoms in total. The lowest BCUT2D eigenvalue weighted by Crippen LogP contribution is -2.06. The highest BCUT2D eigenvalue weighted by Crippen LogP contribution is 2.33. The number of nitrogens with one attached hydrogen (secondary N) is 1. The van der Waals surface area contributed by atoms with E-state index in [1.54, 1.807) is 11.3 Å². The van der Waals surface area contributed by atoms with Gasteiger partial charge in [-0.3, -0.25) is 0 Å². The van der Waals surface area contributed by atoms with E-state index in [2.05, 4.69) is 28.2 Å². The number of benzene rings is 1. The lowest BCUT2D eigenvalue weighted by Gasteiger charge is -2.16. The second-order valence-electron chi connectivity index (χ2n) is 4.20. The second kappa shape index (κ2) is 5.51. The van der Waals surface area contributed by atoms with E-state index in [1.807, 2.05) is 31.2 Å². The number of nitrogens with two attached hydrogens (primary N) is 1. The van der Waals surface area contributed by atoms with Gasteiger partial charge in [0.25, 0.3) is 0 Å². The van der Waals surface area contributed by atoms with Gasteiger partial charge >= 0.3 is 0 Å². The molecule has 96 valence electrons. The molecule has 2 rings (SSSR count). The van der Waals surface area contributed by atoms with Gasteiger partial charge in [-0.15, -0.1) is 11.3 Å². The summed E-state index contributed by atoms with van der Waals surface area (Å²) in [7, 11) is 0. The summed E-state index contributed by atoms with van der Waals surface area (Å²) in [6.45, 7) is 4.11. The third kappa shape index (κ3) is 2.99. The normalized spacial score (nSPS) is 12.4. The van der Waals surface area contributed by atoms with Crippen molar-refractivity contribution >= 4 is 50.2 Å². The van der Waals surface area contributed by atoms with Crippen LogP contribution in [0.5, 0.6) is 0 Å². The molecule has 3 N–H and O–H groups in total. The molecule has 5 heteroatoms. The van der Waals surface area contributed by atoms with Gasteiger partial charge in [0.05, 0.1) is 10.4 Å². The Bertz CT molecular complexity index is 568. The van der Waals surface area contributed by atoms with Crippen LogP contribution < -0.4 is 11.1 Å². The molecule has 1 heterocycles. The molecule has 2 aromatic rings. The van der Waals surface area contributed by atoms with Crippen molar-refractivity contribution in [3.05, 3.63) is 43.5 Å². The number of thiophene rings is 1. The van der Waals surface area contributed by atoms with Crippen LogP contribution in [0, 0.1) is 6.92 Å². The van der Waals surface area contributed by atoms with Crippen LogP contribution in [0.25, 0.3) is 0 Å². The van der Waals surface area contributed by atoms with Crippen molar-refractivity contribution in [2.24, 2.45) is 0 Å². The lowest BCUT2D eigenvalue weighted by molar-refractivity contribution is 0.906. The Labute approximate surface area is 124 Å². The van der Waals surface area contributed by atoms with Crippen molar-refractivity contribution in [1.82, 2.24) is 0 Å². The Morgan fingerprint density at radius 1 is 1.39 bits per heavy atom. The first kappa shape index (κ1) is 13.7. The Morgan fingerprint density at radius 2 is 2.11 bits per heavy atom. The van der Waals surface area contributed by atoms with E-state index >= 15 is 0 Å². The van der Waals surface area contributed by atoms with Crippen LogP contribution >= 0.6 is 38.9 Å². The van der Waals surface area contributed by atoms with Crippen LogP contribution in [0.3, 0.4) is 0 Å². The number of anilines is 2. The quantitative estimate of drug-likeness (QED) is 0.748. The molecule has 0 aliphatic heterocycles. The predicted octanol–water partition coefficient (Wildman–Crippen LogP) is 5.23. The minimum Gasteiger partial charge on any atom is -0.398 e. The zero-order valence-corrected chi connectivity index (χ0v) is 13.3. The van der Waals surface area contributed by atoms with E-state index in [0.717, 1.165) is 25.7 Å². The number of nitrogen functional groups attached to an aromatic ring is 1. The van der Waals surface area contributed by atoms with E-state index in [4.69, 9.17) is 17.3 Å². The second-order valence-corrected chi connectivity index (χ2v) is 6.80. The molecular weight excluding hydrogens is 332 g/mol. The van der Waals surface area contributed by atoms with Crippen molar-refractivity contribution in [1.29, 1.82) is 0 Å². The molecule has 0 amide bonds. The van der Waals surface area contributed by atoms with Gasteiger partial charge in [0.2, 0.25) is 0 Å². The Kier molecular flexibility index (Phi) is 4.20. The van der Waals surface area contributed by atoms with Gasteiger partial charge in [-0.25, -0.2) is 0 Å². The summed E-state index contributed by atoms with van der Waals surface area (Å²) in [5.41, 5.74) is 8.76. The first-order valence-corrected chi connectivity index (χ1v) is 7.53. The summed E-state index contributed by atoms with van der Waals surface area (Å²) in [5, 5.41) is 3.46. The molecule has 0 saturated carbocycles. The van der Waals surface area contributed by atoms with Crippen LogP contribution in [0.4, 0.5) is 11.4 Å². The molecule has 0 fully saturated rings. The third-order valence-corrected chi connectivity index (χ3v) is 4.82. The topological polar surface area (TPSA) is 38.0 Å². The zero-order chi connectivity index (χ0) is 13.3. The molecule has 1 aromatic carbocycles. The maximum atomic E-state index is 5.95. The van der Waals surface area contributed by atoms with E-state index < -0.39 is 0 Å². The SMILES string of the molecule is Cc1cc(NC(C)c2ccc(Cl)s2)c(Br)cc1N. The largest absolute Gasteiger partial charge is 0.398 e. The maximum Gasteiger partial charge on any atom is 0.0932 e. The number of halogens is 2. The molecule has 1 atom stereocenters. The van der Waals surface area contributed by atoms with Gasteiger partial charge in [0.1, 0.15) is 0 Å². The van der Waals surface area contributed by atoms with E-state index in [0.29, 0.717) is 0 Å². The maximum absolute atomic E-state index is 5.95. The van der Waals surface area contributed by atoms with E-state index in [-0.39, 0.29) is 6.04 Å². The van der Waals surface area contributed by atoms with Crippen LogP contribution in [0.2, 0.25) is 4.34 Å². The molecule has 0 spiro atoms. The minimum atomic E-state index is 0.210. The van der Waals surface area contributed by atoms with Gasteiger partial charge in [-0.1, -0.05) is 11.6 Å². The first-order chi connectivity index (χ1) is 8.47. The fourth-order valence-electron chi connectivity index (χ4n) is 1.67. The number of rotatable bonds is 3. The number of hydrogen-bond acceptors (Lipinski definition) is 3. The van der Waals surface area contributed by atoms with E-state index in [9.17, 15) is 0 Å². The van der Waals surface area contributed by atoms with Crippen molar-refractivity contribution in [3.8, 4) is 0 Å². The summed E-state index contributed by atoms with van der Waals surface area (Å²) in [6, 6.07) is 8.14. The lowest BCUT2D eigenvalue weighted by atomic mass is 10.1. The average Bonchev–Trinajstić information content (AvgIpc) is 2.73. The van der Waals surface area contributed by atoms with Crippen molar-refractivity contribution < 1.29 is 0 Å². The fourth-order valence-corrected chi connectivity index (χ4v) is 3.21. The Morgan fingerprint density at radius 3 is 2.72 bits per heavy atom. The molecule has 0 saturated heterocycles. The fraction of sp³-hybridized carbons (Fsp3) is 0.231. The highest BCUT2D eigenvalue weighted by Gasteiger charge is 2.11. The van der Waals surface area contributed by atoms with Crippen LogP contribution in [-0.4, -0.2) is 0 Å². The van der Waals surface area contributed by atoms with Crippen molar-refractivity contribution in [2.45, 2.75) is 19.9 Å². The molecular formula is C13H14BrClN2S. The van der Waals surface area contributed by atoms with Crippen molar-refractivity contribution in [2.75, 3.05) is 11.1 Å². The first-order valence-electron chi connectivity index (χ1n) is 5.54. The van der Waals surface area contributed by atoms with Crippen LogP contribution in [0.15, 0.2) is 28.7 Å². The molecule has 0 radical (unpaired) electrons. The van der Waals surface area contributed by atoms with Gasteiger partial charge in [-0.2, -0.15) is 0 Å². The monoisotopic (exact) mass is 344 g/mol. The number of hydrogen-bond donors (Lipinski definition) is 2. The van der Waals surface area contributed by atoms with E-state index in [1.165, 1.54) is 4.88 Å². The molecule has 18 heavy (non-hydrogen) atoms. The summed E-state index contributed by atoms with van der Waals surface area (Å²) in [4.78, 5) is 1.21. The molecule has 1 unspecified atom stereocenters. The zero-order valence-electron chi connectivity index (χ0n) is 10.1. The predicted molar refractivity (Wildman–Crippen MR) is 84.7 cm³/mol. The Hall–Kier alpha value is -0.710.